The quantitative estimate of drug-likeness (QED) is 0.681. The largest absolute Gasteiger partial charge is 0.364 e. The highest BCUT2D eigenvalue weighted by Crippen LogP contribution is 2.17. The Morgan fingerprint density at radius 1 is 1.56 bits per heavy atom. The Bertz CT molecular complexity index is 617. The van der Waals surface area contributed by atoms with E-state index in [-0.39, 0.29) is 18.0 Å². The topological polar surface area (TPSA) is 127 Å². The highest BCUT2D eigenvalue weighted by molar-refractivity contribution is 7.89. The Morgan fingerprint density at radius 3 is 2.94 bits per heavy atom. The van der Waals surface area contributed by atoms with Crippen molar-refractivity contribution in [2.45, 2.75) is 24.9 Å². The van der Waals surface area contributed by atoms with Crippen LogP contribution in [0.2, 0.25) is 0 Å². The molecule has 2 aromatic rings. The van der Waals surface area contributed by atoms with E-state index in [0.29, 0.717) is 17.1 Å². The number of nitrogens with two attached hydrogens (primary N) is 1. The second-order valence-corrected chi connectivity index (χ2v) is 5.35. The number of hydrogen-bond donors (Lipinski definition) is 3. The average molecular weight is 271 g/mol. The molecule has 0 radical (unpaired) electrons. The molecule has 2 heterocycles. The number of H-pyrrole nitrogens is 1. The molecule has 0 atom stereocenters. The lowest BCUT2D eigenvalue weighted by Crippen LogP contribution is -2.25. The van der Waals surface area contributed by atoms with Crippen LogP contribution in [0.15, 0.2) is 21.7 Å². The predicted octanol–water partition coefficient (Wildman–Crippen LogP) is -0.357. The fraction of sp³-hybridized carbons (Fsp3) is 0.333. The van der Waals surface area contributed by atoms with Crippen molar-refractivity contribution in [3.8, 4) is 0 Å². The molecule has 0 saturated carbocycles. The molecule has 8 nitrogen and oxygen atoms in total. The van der Waals surface area contributed by atoms with Gasteiger partial charge in [0.25, 0.3) is 0 Å². The Balaban J connectivity index is 2.22. The number of aromatic nitrogens is 3. The van der Waals surface area contributed by atoms with Crippen molar-refractivity contribution in [2.24, 2.45) is 5.73 Å². The van der Waals surface area contributed by atoms with Crippen LogP contribution in [0, 0.1) is 6.92 Å². The molecular weight excluding hydrogens is 258 g/mol. The minimum Gasteiger partial charge on any atom is -0.364 e. The third kappa shape index (κ3) is 2.42. The van der Waals surface area contributed by atoms with E-state index in [1.54, 1.807) is 13.0 Å². The van der Waals surface area contributed by atoms with E-state index in [2.05, 4.69) is 24.6 Å². The highest BCUT2D eigenvalue weighted by atomic mass is 32.2. The van der Waals surface area contributed by atoms with Crippen molar-refractivity contribution in [1.29, 1.82) is 0 Å². The maximum absolute atomic E-state index is 12.1. The molecule has 0 aliphatic rings. The van der Waals surface area contributed by atoms with E-state index < -0.39 is 10.0 Å². The fourth-order valence-electron chi connectivity index (χ4n) is 1.53. The minimum atomic E-state index is -3.67. The van der Waals surface area contributed by atoms with E-state index >= 15 is 0 Å². The van der Waals surface area contributed by atoms with Gasteiger partial charge in [-0.2, -0.15) is 5.10 Å². The summed E-state index contributed by atoms with van der Waals surface area (Å²) in [6.07, 6.45) is 1.37. The summed E-state index contributed by atoms with van der Waals surface area (Å²) in [5.74, 6) is 0. The molecule has 9 heteroatoms. The molecule has 0 aliphatic heterocycles. The van der Waals surface area contributed by atoms with Crippen molar-refractivity contribution in [2.75, 3.05) is 0 Å². The van der Waals surface area contributed by atoms with Gasteiger partial charge in [-0.05, 0) is 6.92 Å². The molecule has 0 amide bonds. The Morgan fingerprint density at radius 2 is 2.33 bits per heavy atom. The highest BCUT2D eigenvalue weighted by Gasteiger charge is 2.23. The van der Waals surface area contributed by atoms with Crippen molar-refractivity contribution in [3.05, 3.63) is 29.4 Å². The smallest absolute Gasteiger partial charge is 0.244 e. The third-order valence-electron chi connectivity index (χ3n) is 2.36. The standard InChI is InChI=1S/C9H13N5O3S/c1-6-9(8(4-10)13-12-6)18(15,16)11-5-7-2-3-17-14-7/h2-3,11H,4-5,10H2,1H3,(H,12,13). The van der Waals surface area contributed by atoms with E-state index in [1.165, 1.54) is 6.26 Å². The number of sulfonamides is 1. The van der Waals surface area contributed by atoms with Crippen molar-refractivity contribution >= 4 is 10.0 Å². The number of rotatable bonds is 5. The van der Waals surface area contributed by atoms with Gasteiger partial charge in [-0.1, -0.05) is 5.16 Å². The van der Waals surface area contributed by atoms with Crippen molar-refractivity contribution < 1.29 is 12.9 Å². The molecular formula is C9H13N5O3S. The summed E-state index contributed by atoms with van der Waals surface area (Å²) in [6, 6.07) is 1.58. The van der Waals surface area contributed by atoms with Gasteiger partial charge in [0.1, 0.15) is 11.2 Å². The number of hydrogen-bond acceptors (Lipinski definition) is 6. The number of nitrogens with one attached hydrogen (secondary N) is 2. The molecule has 0 fully saturated rings. The lowest BCUT2D eigenvalue weighted by molar-refractivity contribution is 0.411. The Hall–Kier alpha value is -1.71. The zero-order chi connectivity index (χ0) is 13.2. The lowest BCUT2D eigenvalue weighted by atomic mass is 10.4. The first-order valence-electron chi connectivity index (χ1n) is 5.17. The molecule has 0 spiro atoms. The van der Waals surface area contributed by atoms with Crippen LogP contribution in [0.5, 0.6) is 0 Å². The first-order chi connectivity index (χ1) is 8.54. The van der Waals surface area contributed by atoms with Crippen LogP contribution < -0.4 is 10.5 Å². The zero-order valence-electron chi connectivity index (χ0n) is 9.67. The zero-order valence-corrected chi connectivity index (χ0v) is 10.5. The Kier molecular flexibility index (Phi) is 3.45. The minimum absolute atomic E-state index is 0.0462. The van der Waals surface area contributed by atoms with Crippen molar-refractivity contribution in [3.63, 3.8) is 0 Å². The van der Waals surface area contributed by atoms with Gasteiger partial charge >= 0.3 is 0 Å². The summed E-state index contributed by atoms with van der Waals surface area (Å²) in [6.45, 7) is 1.72. The van der Waals surface area contributed by atoms with Gasteiger partial charge in [0.2, 0.25) is 10.0 Å². The molecule has 0 unspecified atom stereocenters. The SMILES string of the molecule is Cc1[nH]nc(CN)c1S(=O)(=O)NCc1ccon1. The second-order valence-electron chi connectivity index (χ2n) is 3.64. The van der Waals surface area contributed by atoms with Crippen LogP contribution in [0.4, 0.5) is 0 Å². The van der Waals surface area contributed by atoms with Crippen LogP contribution in [-0.4, -0.2) is 23.8 Å². The molecule has 0 bridgehead atoms. The first-order valence-corrected chi connectivity index (χ1v) is 6.65. The Labute approximate surface area is 104 Å². The van der Waals surface area contributed by atoms with Gasteiger partial charge in [0.15, 0.2) is 0 Å². The summed E-state index contributed by atoms with van der Waals surface area (Å²) >= 11 is 0. The van der Waals surface area contributed by atoms with Crippen LogP contribution in [0.3, 0.4) is 0 Å². The third-order valence-corrected chi connectivity index (χ3v) is 3.96. The van der Waals surface area contributed by atoms with Crippen LogP contribution >= 0.6 is 0 Å². The van der Waals surface area contributed by atoms with E-state index in [1.807, 2.05) is 0 Å². The molecule has 0 saturated heterocycles. The molecule has 2 rings (SSSR count). The average Bonchev–Trinajstić information content (AvgIpc) is 2.95. The van der Waals surface area contributed by atoms with Gasteiger partial charge < -0.3 is 10.3 Å². The molecule has 4 N–H and O–H groups in total. The molecule has 18 heavy (non-hydrogen) atoms. The monoisotopic (exact) mass is 271 g/mol. The van der Waals surface area contributed by atoms with Gasteiger partial charge in [0.05, 0.1) is 23.6 Å². The first kappa shape index (κ1) is 12.7. The maximum atomic E-state index is 12.1. The van der Waals surface area contributed by atoms with Gasteiger partial charge in [-0.25, -0.2) is 13.1 Å². The summed E-state index contributed by atoms with van der Waals surface area (Å²) in [4.78, 5) is 0.0912. The number of aromatic amines is 1. The number of aryl methyl sites for hydroxylation is 1. The maximum Gasteiger partial charge on any atom is 0.244 e. The van der Waals surface area contributed by atoms with Crippen LogP contribution in [0.25, 0.3) is 0 Å². The summed E-state index contributed by atoms with van der Waals surface area (Å²) in [5, 5.41) is 10.1. The molecule has 98 valence electrons. The normalized spacial score (nSPS) is 11.9. The van der Waals surface area contributed by atoms with Gasteiger partial charge in [-0.15, -0.1) is 0 Å². The summed E-state index contributed by atoms with van der Waals surface area (Å²) in [7, 11) is -3.67. The summed E-state index contributed by atoms with van der Waals surface area (Å²) in [5.41, 5.74) is 6.70. The van der Waals surface area contributed by atoms with Gasteiger partial charge in [-0.3, -0.25) is 5.10 Å². The van der Waals surface area contributed by atoms with Gasteiger partial charge in [0, 0.05) is 12.6 Å². The lowest BCUT2D eigenvalue weighted by Gasteiger charge is -2.05. The molecule has 0 aromatic carbocycles. The number of nitrogens with zero attached hydrogens (tertiary/aromatic N) is 2. The molecule has 2 aromatic heterocycles. The van der Waals surface area contributed by atoms with E-state index in [4.69, 9.17) is 5.73 Å². The van der Waals surface area contributed by atoms with Crippen LogP contribution in [-0.2, 0) is 23.1 Å². The summed E-state index contributed by atoms with van der Waals surface area (Å²) < 4.78 is 31.2. The van der Waals surface area contributed by atoms with Crippen molar-refractivity contribution in [1.82, 2.24) is 20.1 Å². The van der Waals surface area contributed by atoms with E-state index in [0.717, 1.165) is 0 Å². The second kappa shape index (κ2) is 4.88. The molecule has 0 aliphatic carbocycles. The van der Waals surface area contributed by atoms with Crippen LogP contribution in [0.1, 0.15) is 17.1 Å². The van der Waals surface area contributed by atoms with E-state index in [9.17, 15) is 8.42 Å². The fourth-order valence-corrected chi connectivity index (χ4v) is 2.90. The predicted molar refractivity (Wildman–Crippen MR) is 61.7 cm³/mol.